The van der Waals surface area contributed by atoms with Crippen molar-refractivity contribution in [1.29, 1.82) is 0 Å². The molecular formula is C12H15. The van der Waals surface area contributed by atoms with Crippen LogP contribution in [0.25, 0.3) is 0 Å². The molecule has 1 radical (unpaired) electrons. The second-order valence-corrected chi connectivity index (χ2v) is 3.14. The zero-order valence-corrected chi connectivity index (χ0v) is 7.80. The molecule has 12 heavy (non-hydrogen) atoms. The van der Waals surface area contributed by atoms with Crippen LogP contribution in [-0.4, -0.2) is 0 Å². The van der Waals surface area contributed by atoms with Gasteiger partial charge in [-0.05, 0) is 43.4 Å². The summed E-state index contributed by atoms with van der Waals surface area (Å²) in [4.78, 5) is 0. The van der Waals surface area contributed by atoms with Crippen LogP contribution in [0, 0.1) is 20.4 Å². The molecule has 0 aliphatic heterocycles. The maximum Gasteiger partial charge on any atom is -0.0239 e. The monoisotopic (exact) mass is 159 g/mol. The molecule has 0 saturated heterocycles. The van der Waals surface area contributed by atoms with Gasteiger partial charge in [-0.3, -0.25) is 0 Å². The Morgan fingerprint density at radius 1 is 1.25 bits per heavy atom. The summed E-state index contributed by atoms with van der Waals surface area (Å²) in [5.41, 5.74) is 4.19. The van der Waals surface area contributed by atoms with E-state index in [9.17, 15) is 0 Å². The summed E-state index contributed by atoms with van der Waals surface area (Å²) in [5.74, 6) is 0. The zero-order chi connectivity index (χ0) is 8.97. The first-order valence-corrected chi connectivity index (χ1v) is 4.34. The molecule has 1 aromatic carbocycles. The van der Waals surface area contributed by atoms with Crippen LogP contribution in [0.1, 0.15) is 23.1 Å². The molecule has 0 saturated carbocycles. The first-order valence-electron chi connectivity index (χ1n) is 4.34. The molecule has 0 aliphatic rings. The van der Waals surface area contributed by atoms with Crippen LogP contribution in [0.15, 0.2) is 24.3 Å². The van der Waals surface area contributed by atoms with Gasteiger partial charge in [-0.25, -0.2) is 0 Å². The third kappa shape index (κ3) is 1.97. The highest BCUT2D eigenvalue weighted by Crippen LogP contribution is 2.14. The van der Waals surface area contributed by atoms with Crippen LogP contribution in [0.2, 0.25) is 0 Å². The highest BCUT2D eigenvalue weighted by Gasteiger charge is 1.99. The Bertz CT molecular complexity index is 251. The lowest BCUT2D eigenvalue weighted by Crippen LogP contribution is -1.92. The number of allylic oxidation sites excluding steroid dienone is 1. The molecule has 0 aromatic heterocycles. The van der Waals surface area contributed by atoms with E-state index in [1.807, 2.05) is 0 Å². The van der Waals surface area contributed by atoms with Crippen molar-refractivity contribution in [3.8, 4) is 0 Å². The highest BCUT2D eigenvalue weighted by molar-refractivity contribution is 5.33. The first-order chi connectivity index (χ1) is 5.75. The number of aryl methyl sites for hydroxylation is 2. The van der Waals surface area contributed by atoms with E-state index < -0.39 is 0 Å². The molecule has 0 aliphatic carbocycles. The fourth-order valence-corrected chi connectivity index (χ4v) is 1.47. The van der Waals surface area contributed by atoms with Gasteiger partial charge >= 0.3 is 0 Å². The van der Waals surface area contributed by atoms with Gasteiger partial charge in [-0.15, -0.1) is 0 Å². The molecular weight excluding hydrogens is 144 g/mol. The number of rotatable bonds is 3. The van der Waals surface area contributed by atoms with Gasteiger partial charge in [-0.1, -0.05) is 30.9 Å². The van der Waals surface area contributed by atoms with Crippen molar-refractivity contribution in [2.24, 2.45) is 0 Å². The maximum absolute atomic E-state index is 5.35. The van der Waals surface area contributed by atoms with Crippen LogP contribution >= 0.6 is 0 Å². The quantitative estimate of drug-likeness (QED) is 0.635. The summed E-state index contributed by atoms with van der Waals surface area (Å²) in [5, 5.41) is 0. The zero-order valence-electron chi connectivity index (χ0n) is 7.80. The third-order valence-corrected chi connectivity index (χ3v) is 2.21. The lowest BCUT2D eigenvalue weighted by atomic mass is 9.99. The molecule has 0 N–H and O–H groups in total. The topological polar surface area (TPSA) is 0 Å². The number of hydrogen-bond acceptors (Lipinski definition) is 0. The predicted octanol–water partition coefficient (Wildman–Crippen LogP) is 3.23. The Kier molecular flexibility index (Phi) is 3.09. The molecule has 0 amide bonds. The molecule has 0 fully saturated rings. The smallest absolute Gasteiger partial charge is 0.0239 e. The van der Waals surface area contributed by atoms with E-state index in [1.54, 1.807) is 6.08 Å². The minimum absolute atomic E-state index is 0.964. The minimum Gasteiger partial charge on any atom is -0.0842 e. The molecule has 63 valence electrons. The van der Waals surface area contributed by atoms with E-state index in [4.69, 9.17) is 6.58 Å². The SMILES string of the molecule is [CH]=CCCc1c(C)cccc1C. The van der Waals surface area contributed by atoms with Crippen molar-refractivity contribution < 1.29 is 0 Å². The van der Waals surface area contributed by atoms with Crippen molar-refractivity contribution in [3.63, 3.8) is 0 Å². The Morgan fingerprint density at radius 2 is 1.83 bits per heavy atom. The predicted molar refractivity (Wildman–Crippen MR) is 53.1 cm³/mol. The van der Waals surface area contributed by atoms with Gasteiger partial charge in [0.15, 0.2) is 0 Å². The van der Waals surface area contributed by atoms with Crippen LogP contribution < -0.4 is 0 Å². The van der Waals surface area contributed by atoms with E-state index in [1.165, 1.54) is 16.7 Å². The highest BCUT2D eigenvalue weighted by atomic mass is 14.0. The Balaban J connectivity index is 2.88. The third-order valence-electron chi connectivity index (χ3n) is 2.21. The molecule has 0 heteroatoms. The van der Waals surface area contributed by atoms with Crippen LogP contribution in [0.5, 0.6) is 0 Å². The maximum atomic E-state index is 5.35. The minimum atomic E-state index is 0.964. The summed E-state index contributed by atoms with van der Waals surface area (Å²) in [6.07, 6.45) is 3.76. The molecule has 1 rings (SSSR count). The summed E-state index contributed by atoms with van der Waals surface area (Å²) in [6, 6.07) is 6.40. The summed E-state index contributed by atoms with van der Waals surface area (Å²) >= 11 is 0. The lowest BCUT2D eigenvalue weighted by Gasteiger charge is -2.07. The number of hydrogen-bond donors (Lipinski definition) is 0. The fourth-order valence-electron chi connectivity index (χ4n) is 1.47. The van der Waals surface area contributed by atoms with Gasteiger partial charge in [0.1, 0.15) is 0 Å². The van der Waals surface area contributed by atoms with Gasteiger partial charge in [0.2, 0.25) is 0 Å². The van der Waals surface area contributed by atoms with Crippen molar-refractivity contribution in [2.45, 2.75) is 26.7 Å². The summed E-state index contributed by atoms with van der Waals surface area (Å²) in [6.45, 7) is 9.65. The fraction of sp³-hybridized carbons (Fsp3) is 0.333. The largest absolute Gasteiger partial charge is 0.0842 e. The van der Waals surface area contributed by atoms with Crippen molar-refractivity contribution in [2.75, 3.05) is 0 Å². The molecule has 0 unspecified atom stereocenters. The average molecular weight is 159 g/mol. The van der Waals surface area contributed by atoms with Crippen LogP contribution in [0.3, 0.4) is 0 Å². The molecule has 0 bridgehead atoms. The summed E-state index contributed by atoms with van der Waals surface area (Å²) < 4.78 is 0. The molecule has 0 heterocycles. The van der Waals surface area contributed by atoms with E-state index >= 15 is 0 Å². The van der Waals surface area contributed by atoms with Gasteiger partial charge in [0, 0.05) is 0 Å². The van der Waals surface area contributed by atoms with Crippen LogP contribution in [0.4, 0.5) is 0 Å². The van der Waals surface area contributed by atoms with E-state index in [0.717, 1.165) is 12.8 Å². The Morgan fingerprint density at radius 3 is 2.33 bits per heavy atom. The molecule has 0 atom stereocenters. The number of benzene rings is 1. The second-order valence-electron chi connectivity index (χ2n) is 3.14. The van der Waals surface area contributed by atoms with Gasteiger partial charge in [0.05, 0.1) is 0 Å². The molecule has 0 spiro atoms. The normalized spacial score (nSPS) is 9.83. The van der Waals surface area contributed by atoms with Crippen molar-refractivity contribution in [1.82, 2.24) is 0 Å². The Labute approximate surface area is 74.9 Å². The van der Waals surface area contributed by atoms with E-state index in [2.05, 4.69) is 32.0 Å². The van der Waals surface area contributed by atoms with Gasteiger partial charge < -0.3 is 0 Å². The average Bonchev–Trinajstić information content (AvgIpc) is 2.04. The first kappa shape index (κ1) is 9.05. The standard InChI is InChI=1S/C12H15/c1-4-5-9-12-10(2)7-6-8-11(12)3/h1,4,6-8H,5,9H2,2-3H3. The van der Waals surface area contributed by atoms with Gasteiger partial charge in [0.25, 0.3) is 0 Å². The van der Waals surface area contributed by atoms with Crippen LogP contribution in [-0.2, 0) is 6.42 Å². The Hall–Kier alpha value is -1.04. The van der Waals surface area contributed by atoms with Gasteiger partial charge in [-0.2, -0.15) is 0 Å². The molecule has 1 aromatic rings. The van der Waals surface area contributed by atoms with Crippen molar-refractivity contribution >= 4 is 0 Å². The van der Waals surface area contributed by atoms with Crippen molar-refractivity contribution in [3.05, 3.63) is 47.5 Å². The summed E-state index contributed by atoms with van der Waals surface area (Å²) in [7, 11) is 0. The van der Waals surface area contributed by atoms with E-state index in [-0.39, 0.29) is 0 Å². The lowest BCUT2D eigenvalue weighted by molar-refractivity contribution is 0.973. The molecule has 0 nitrogen and oxygen atoms in total. The van der Waals surface area contributed by atoms with E-state index in [0.29, 0.717) is 0 Å². The second kappa shape index (κ2) is 4.10.